The lowest BCUT2D eigenvalue weighted by Gasteiger charge is -2.03. The van der Waals surface area contributed by atoms with Crippen molar-refractivity contribution in [2.75, 3.05) is 7.11 Å². The Morgan fingerprint density at radius 3 is 2.47 bits per heavy atom. The van der Waals surface area contributed by atoms with Crippen molar-refractivity contribution in [3.8, 4) is 5.75 Å². The van der Waals surface area contributed by atoms with E-state index in [0.29, 0.717) is 0 Å². The molecule has 0 aliphatic heterocycles. The number of carboxylic acid groups (broad SMARTS) is 1. The van der Waals surface area contributed by atoms with Crippen LogP contribution in [0, 0.1) is 5.82 Å². The number of hydrogen-bond donors (Lipinski definition) is 1. The van der Waals surface area contributed by atoms with Gasteiger partial charge in [-0.15, -0.1) is 0 Å². The topological polar surface area (TPSA) is 80.7 Å². The summed E-state index contributed by atoms with van der Waals surface area (Å²) in [4.78, 5) is 32.5. The zero-order valence-corrected chi connectivity index (χ0v) is 8.90. The minimum absolute atomic E-state index is 0.0360. The van der Waals surface area contributed by atoms with Crippen LogP contribution in [0.4, 0.5) is 4.39 Å². The average molecular weight is 240 g/mol. The van der Waals surface area contributed by atoms with Gasteiger partial charge in [-0.3, -0.25) is 9.59 Å². The molecule has 5 nitrogen and oxygen atoms in total. The third-order valence-electron chi connectivity index (χ3n) is 2.03. The monoisotopic (exact) mass is 240 g/mol. The van der Waals surface area contributed by atoms with Crippen LogP contribution in [0.5, 0.6) is 5.75 Å². The molecule has 90 valence electrons. The van der Waals surface area contributed by atoms with Crippen LogP contribution < -0.4 is 4.74 Å². The second-order valence-corrected chi connectivity index (χ2v) is 3.18. The van der Waals surface area contributed by atoms with E-state index in [1.54, 1.807) is 0 Å². The zero-order valence-electron chi connectivity index (χ0n) is 8.90. The van der Waals surface area contributed by atoms with Crippen molar-refractivity contribution in [3.05, 3.63) is 29.6 Å². The maximum Gasteiger partial charge on any atom is 0.372 e. The highest BCUT2D eigenvalue weighted by molar-refractivity contribution is 6.37. The van der Waals surface area contributed by atoms with E-state index in [-0.39, 0.29) is 11.3 Å². The summed E-state index contributed by atoms with van der Waals surface area (Å²) in [6, 6.07) is 3.39. The first-order valence-electron chi connectivity index (χ1n) is 4.58. The first-order chi connectivity index (χ1) is 7.95. The van der Waals surface area contributed by atoms with E-state index < -0.39 is 29.8 Å². The average Bonchev–Trinajstić information content (AvgIpc) is 2.28. The highest BCUT2D eigenvalue weighted by Crippen LogP contribution is 2.18. The normalized spacial score (nSPS) is 9.76. The highest BCUT2D eigenvalue weighted by Gasteiger charge is 2.18. The van der Waals surface area contributed by atoms with Gasteiger partial charge in [0.15, 0.2) is 17.3 Å². The van der Waals surface area contributed by atoms with Gasteiger partial charge in [-0.2, -0.15) is 0 Å². The van der Waals surface area contributed by atoms with Gasteiger partial charge in [-0.1, -0.05) is 0 Å². The lowest BCUT2D eigenvalue weighted by molar-refractivity contribution is -0.148. The molecule has 6 heteroatoms. The van der Waals surface area contributed by atoms with Crippen molar-refractivity contribution in [2.45, 2.75) is 6.42 Å². The summed E-state index contributed by atoms with van der Waals surface area (Å²) in [7, 11) is 1.27. The van der Waals surface area contributed by atoms with Crippen molar-refractivity contribution in [1.82, 2.24) is 0 Å². The number of rotatable bonds is 5. The smallest absolute Gasteiger partial charge is 0.372 e. The summed E-state index contributed by atoms with van der Waals surface area (Å²) in [5.41, 5.74) is -0.0714. The molecule has 0 bridgehead atoms. The SMILES string of the molecule is COc1ccc(C(=O)CC(=O)C(=O)O)cc1F. The number of carbonyl (C=O) groups excluding carboxylic acids is 2. The van der Waals surface area contributed by atoms with E-state index in [0.717, 1.165) is 6.07 Å². The number of carboxylic acids is 1. The van der Waals surface area contributed by atoms with Crippen molar-refractivity contribution in [3.63, 3.8) is 0 Å². The second kappa shape index (κ2) is 5.20. The Bertz CT molecular complexity index is 481. The maximum atomic E-state index is 13.2. The van der Waals surface area contributed by atoms with Crippen LogP contribution >= 0.6 is 0 Å². The minimum Gasteiger partial charge on any atom is -0.494 e. The number of benzene rings is 1. The van der Waals surface area contributed by atoms with E-state index in [1.165, 1.54) is 19.2 Å². The van der Waals surface area contributed by atoms with Gasteiger partial charge in [0.05, 0.1) is 13.5 Å². The minimum atomic E-state index is -1.69. The molecular weight excluding hydrogens is 231 g/mol. The van der Waals surface area contributed by atoms with E-state index in [9.17, 15) is 18.8 Å². The molecule has 0 aliphatic carbocycles. The Morgan fingerprint density at radius 2 is 2.00 bits per heavy atom. The highest BCUT2D eigenvalue weighted by atomic mass is 19.1. The fraction of sp³-hybridized carbons (Fsp3) is 0.182. The fourth-order valence-electron chi connectivity index (χ4n) is 1.16. The van der Waals surface area contributed by atoms with Gasteiger partial charge >= 0.3 is 5.97 Å². The molecule has 1 N–H and O–H groups in total. The summed E-state index contributed by atoms with van der Waals surface area (Å²) in [6.45, 7) is 0. The molecule has 0 saturated heterocycles. The molecule has 1 aromatic rings. The van der Waals surface area contributed by atoms with Gasteiger partial charge in [0.2, 0.25) is 5.78 Å². The van der Waals surface area contributed by atoms with Crippen molar-refractivity contribution < 1.29 is 28.6 Å². The lowest BCUT2D eigenvalue weighted by atomic mass is 10.1. The lowest BCUT2D eigenvalue weighted by Crippen LogP contribution is -2.17. The van der Waals surface area contributed by atoms with Gasteiger partial charge in [-0.25, -0.2) is 9.18 Å². The number of Topliss-reactive ketones (excluding diaryl/α,β-unsaturated/α-hetero) is 2. The Hall–Kier alpha value is -2.24. The first-order valence-corrected chi connectivity index (χ1v) is 4.58. The summed E-state index contributed by atoms with van der Waals surface area (Å²) >= 11 is 0. The van der Waals surface area contributed by atoms with Crippen LogP contribution in [0.2, 0.25) is 0 Å². The largest absolute Gasteiger partial charge is 0.494 e. The molecule has 0 saturated carbocycles. The number of hydrogen-bond acceptors (Lipinski definition) is 4. The molecule has 0 spiro atoms. The standard InChI is InChI=1S/C11H9FO5/c1-17-10-3-2-6(4-7(10)12)8(13)5-9(14)11(15)16/h2-4H,5H2,1H3,(H,15,16). The van der Waals surface area contributed by atoms with Crippen LogP contribution in [-0.4, -0.2) is 29.8 Å². The van der Waals surface area contributed by atoms with Crippen LogP contribution in [0.3, 0.4) is 0 Å². The molecule has 0 amide bonds. The number of carbonyl (C=O) groups is 3. The quantitative estimate of drug-likeness (QED) is 0.473. The van der Waals surface area contributed by atoms with Crippen molar-refractivity contribution in [2.24, 2.45) is 0 Å². The molecule has 0 fully saturated rings. The van der Waals surface area contributed by atoms with E-state index in [4.69, 9.17) is 5.11 Å². The zero-order chi connectivity index (χ0) is 13.0. The van der Waals surface area contributed by atoms with Crippen molar-refractivity contribution in [1.29, 1.82) is 0 Å². The van der Waals surface area contributed by atoms with Gasteiger partial charge in [0.25, 0.3) is 0 Å². The second-order valence-electron chi connectivity index (χ2n) is 3.18. The molecule has 0 aromatic heterocycles. The van der Waals surface area contributed by atoms with Gasteiger partial charge < -0.3 is 9.84 Å². The van der Waals surface area contributed by atoms with Crippen LogP contribution in [0.25, 0.3) is 0 Å². The van der Waals surface area contributed by atoms with Gasteiger partial charge in [0, 0.05) is 5.56 Å². The molecule has 0 radical (unpaired) electrons. The Kier molecular flexibility index (Phi) is 3.92. The predicted molar refractivity (Wildman–Crippen MR) is 54.5 cm³/mol. The van der Waals surface area contributed by atoms with E-state index in [2.05, 4.69) is 4.74 Å². The summed E-state index contributed by atoms with van der Waals surface area (Å²) in [6.07, 6.45) is -0.791. The molecule has 0 aliphatic rings. The summed E-state index contributed by atoms with van der Waals surface area (Å²) < 4.78 is 17.9. The molecule has 0 unspecified atom stereocenters. The third kappa shape index (κ3) is 3.10. The maximum absolute atomic E-state index is 13.2. The third-order valence-corrected chi connectivity index (χ3v) is 2.03. The molecular formula is C11H9FO5. The number of halogens is 1. The van der Waals surface area contributed by atoms with E-state index >= 15 is 0 Å². The Balaban J connectivity index is 2.87. The fourth-order valence-corrected chi connectivity index (χ4v) is 1.16. The Morgan fingerprint density at radius 1 is 1.35 bits per heavy atom. The summed E-state index contributed by atoms with van der Waals surface area (Å²) in [5.74, 6) is -4.45. The molecule has 17 heavy (non-hydrogen) atoms. The number of ether oxygens (including phenoxy) is 1. The van der Waals surface area contributed by atoms with Crippen LogP contribution in [-0.2, 0) is 9.59 Å². The van der Waals surface area contributed by atoms with Crippen LogP contribution in [0.1, 0.15) is 16.8 Å². The van der Waals surface area contributed by atoms with Crippen LogP contribution in [0.15, 0.2) is 18.2 Å². The molecule has 1 aromatic carbocycles. The first kappa shape index (κ1) is 12.8. The predicted octanol–water partition coefficient (Wildman–Crippen LogP) is 1.06. The van der Waals surface area contributed by atoms with E-state index in [1.807, 2.05) is 0 Å². The Labute approximate surface area is 95.8 Å². The summed E-state index contributed by atoms with van der Waals surface area (Å²) in [5, 5.41) is 8.32. The van der Waals surface area contributed by atoms with Gasteiger partial charge in [0.1, 0.15) is 0 Å². The number of aliphatic carboxylic acids is 1. The molecule has 1 rings (SSSR count). The van der Waals surface area contributed by atoms with Gasteiger partial charge in [-0.05, 0) is 18.2 Å². The number of ketones is 2. The molecule has 0 atom stereocenters. The molecule has 0 heterocycles. The van der Waals surface area contributed by atoms with Crippen molar-refractivity contribution >= 4 is 17.5 Å². The number of methoxy groups -OCH3 is 1.